The summed E-state index contributed by atoms with van der Waals surface area (Å²) in [6, 6.07) is 2.08. The number of hydrogen-bond donors (Lipinski definition) is 0. The molecule has 2 aromatic heterocycles. The Morgan fingerprint density at radius 3 is 3.07 bits per heavy atom. The largest absolute Gasteiger partial charge is 0.345 e. The van der Waals surface area contributed by atoms with Crippen LogP contribution < -0.4 is 0 Å². The standard InChI is InChI=1S/C11H12BrIN2/c1-2-3-4-15-7-9(13)8-5-11(12)14-6-10(8)15/h5-7H,2-4H2,1H3. The molecule has 2 aromatic rings. The average Bonchev–Trinajstić information content (AvgIpc) is 2.53. The smallest absolute Gasteiger partial charge is 0.106 e. The van der Waals surface area contributed by atoms with Gasteiger partial charge in [-0.15, -0.1) is 0 Å². The summed E-state index contributed by atoms with van der Waals surface area (Å²) in [6.07, 6.45) is 6.59. The molecule has 0 fully saturated rings. The van der Waals surface area contributed by atoms with Crippen LogP contribution in [-0.4, -0.2) is 9.55 Å². The van der Waals surface area contributed by atoms with Crippen molar-refractivity contribution >= 4 is 49.4 Å². The van der Waals surface area contributed by atoms with Gasteiger partial charge in [-0.2, -0.15) is 0 Å². The maximum Gasteiger partial charge on any atom is 0.106 e. The van der Waals surface area contributed by atoms with Crippen LogP contribution in [0.5, 0.6) is 0 Å². The van der Waals surface area contributed by atoms with E-state index in [1.54, 1.807) is 0 Å². The molecule has 0 amide bonds. The SMILES string of the molecule is CCCCn1cc(I)c2cc(Br)ncc21. The molecule has 0 saturated carbocycles. The number of aromatic nitrogens is 2. The average molecular weight is 379 g/mol. The van der Waals surface area contributed by atoms with E-state index in [1.807, 2.05) is 6.20 Å². The molecule has 15 heavy (non-hydrogen) atoms. The van der Waals surface area contributed by atoms with Gasteiger partial charge in [-0.25, -0.2) is 4.98 Å². The van der Waals surface area contributed by atoms with Crippen molar-refractivity contribution in [2.24, 2.45) is 0 Å². The van der Waals surface area contributed by atoms with Gasteiger partial charge in [-0.05, 0) is 51.0 Å². The van der Waals surface area contributed by atoms with Crippen LogP contribution in [0.15, 0.2) is 23.1 Å². The molecule has 4 heteroatoms. The first-order chi connectivity index (χ1) is 7.22. The summed E-state index contributed by atoms with van der Waals surface area (Å²) in [6.45, 7) is 3.30. The monoisotopic (exact) mass is 378 g/mol. The lowest BCUT2D eigenvalue weighted by atomic mass is 10.3. The highest BCUT2D eigenvalue weighted by atomic mass is 127. The van der Waals surface area contributed by atoms with Gasteiger partial charge < -0.3 is 4.57 Å². The molecule has 0 spiro atoms. The fourth-order valence-corrected chi connectivity index (χ4v) is 2.73. The van der Waals surface area contributed by atoms with Crippen LogP contribution in [-0.2, 0) is 6.54 Å². The van der Waals surface area contributed by atoms with E-state index in [0.29, 0.717) is 0 Å². The summed E-state index contributed by atoms with van der Waals surface area (Å²) in [7, 11) is 0. The summed E-state index contributed by atoms with van der Waals surface area (Å²) in [4.78, 5) is 4.28. The zero-order valence-electron chi connectivity index (χ0n) is 8.50. The first-order valence-electron chi connectivity index (χ1n) is 5.02. The maximum atomic E-state index is 4.28. The third-order valence-corrected chi connectivity index (χ3v) is 3.73. The number of nitrogens with zero attached hydrogens (tertiary/aromatic N) is 2. The Morgan fingerprint density at radius 1 is 1.53 bits per heavy atom. The Labute approximate surface area is 111 Å². The maximum absolute atomic E-state index is 4.28. The van der Waals surface area contributed by atoms with Crippen LogP contribution in [0.1, 0.15) is 19.8 Å². The normalized spacial score (nSPS) is 11.1. The molecule has 0 atom stereocenters. The predicted molar refractivity (Wildman–Crippen MR) is 75.1 cm³/mol. The minimum Gasteiger partial charge on any atom is -0.345 e. The summed E-state index contributed by atoms with van der Waals surface area (Å²) >= 11 is 5.78. The van der Waals surface area contributed by atoms with Crippen LogP contribution >= 0.6 is 38.5 Å². The van der Waals surface area contributed by atoms with E-state index in [4.69, 9.17) is 0 Å². The van der Waals surface area contributed by atoms with E-state index in [9.17, 15) is 0 Å². The van der Waals surface area contributed by atoms with Crippen molar-refractivity contribution in [3.05, 3.63) is 26.6 Å². The molecule has 2 nitrogen and oxygen atoms in total. The van der Waals surface area contributed by atoms with Crippen molar-refractivity contribution in [1.29, 1.82) is 0 Å². The summed E-state index contributed by atoms with van der Waals surface area (Å²) in [5.41, 5.74) is 1.23. The molecule has 0 bridgehead atoms. The molecule has 2 heterocycles. The fraction of sp³-hybridized carbons (Fsp3) is 0.364. The zero-order chi connectivity index (χ0) is 10.8. The number of rotatable bonds is 3. The fourth-order valence-electron chi connectivity index (χ4n) is 1.63. The zero-order valence-corrected chi connectivity index (χ0v) is 12.2. The quantitative estimate of drug-likeness (QED) is 0.578. The van der Waals surface area contributed by atoms with Gasteiger partial charge in [0.2, 0.25) is 0 Å². The van der Waals surface area contributed by atoms with E-state index in [2.05, 4.69) is 67.3 Å². The van der Waals surface area contributed by atoms with Crippen molar-refractivity contribution in [3.63, 3.8) is 0 Å². The second-order valence-electron chi connectivity index (χ2n) is 3.55. The molecule has 0 N–H and O–H groups in total. The number of pyridine rings is 1. The Balaban J connectivity index is 2.48. The second kappa shape index (κ2) is 4.82. The van der Waals surface area contributed by atoms with Gasteiger partial charge in [0.05, 0.1) is 11.7 Å². The molecule has 2 rings (SSSR count). The van der Waals surface area contributed by atoms with E-state index in [-0.39, 0.29) is 0 Å². The van der Waals surface area contributed by atoms with Gasteiger partial charge in [0.1, 0.15) is 4.60 Å². The lowest BCUT2D eigenvalue weighted by Gasteiger charge is -2.02. The Morgan fingerprint density at radius 2 is 2.33 bits per heavy atom. The minimum atomic E-state index is 0.904. The molecule has 0 aliphatic carbocycles. The lowest BCUT2D eigenvalue weighted by molar-refractivity contribution is 0.649. The summed E-state index contributed by atoms with van der Waals surface area (Å²) in [5.74, 6) is 0. The number of halogens is 2. The van der Waals surface area contributed by atoms with Crippen LogP contribution in [0.3, 0.4) is 0 Å². The van der Waals surface area contributed by atoms with E-state index in [1.165, 1.54) is 27.3 Å². The molecule has 80 valence electrons. The molecule has 0 aliphatic rings. The van der Waals surface area contributed by atoms with Crippen LogP contribution in [0.2, 0.25) is 0 Å². The Hall–Kier alpha value is -0.100. The van der Waals surface area contributed by atoms with Crippen LogP contribution in [0.4, 0.5) is 0 Å². The Kier molecular flexibility index (Phi) is 3.66. The van der Waals surface area contributed by atoms with Gasteiger partial charge in [0, 0.05) is 21.7 Å². The highest BCUT2D eigenvalue weighted by Crippen LogP contribution is 2.25. The third-order valence-electron chi connectivity index (χ3n) is 2.44. The minimum absolute atomic E-state index is 0.904. The number of fused-ring (bicyclic) bond motifs is 1. The van der Waals surface area contributed by atoms with Gasteiger partial charge in [0.25, 0.3) is 0 Å². The predicted octanol–water partition coefficient (Wildman–Crippen LogP) is 4.20. The van der Waals surface area contributed by atoms with Crippen molar-refractivity contribution in [3.8, 4) is 0 Å². The highest BCUT2D eigenvalue weighted by molar-refractivity contribution is 14.1. The van der Waals surface area contributed by atoms with Gasteiger partial charge in [-0.3, -0.25) is 0 Å². The number of hydrogen-bond acceptors (Lipinski definition) is 1. The van der Waals surface area contributed by atoms with E-state index < -0.39 is 0 Å². The van der Waals surface area contributed by atoms with Crippen LogP contribution in [0.25, 0.3) is 10.9 Å². The third kappa shape index (κ3) is 2.36. The van der Waals surface area contributed by atoms with Crippen molar-refractivity contribution in [1.82, 2.24) is 9.55 Å². The molecular formula is C11H12BrIN2. The van der Waals surface area contributed by atoms with Crippen molar-refractivity contribution in [2.45, 2.75) is 26.3 Å². The summed E-state index contributed by atoms with van der Waals surface area (Å²) < 4.78 is 4.49. The van der Waals surface area contributed by atoms with Gasteiger partial charge in [-0.1, -0.05) is 13.3 Å². The molecular weight excluding hydrogens is 367 g/mol. The lowest BCUT2D eigenvalue weighted by Crippen LogP contribution is -1.95. The molecule has 0 saturated heterocycles. The topological polar surface area (TPSA) is 17.8 Å². The van der Waals surface area contributed by atoms with E-state index >= 15 is 0 Å². The van der Waals surface area contributed by atoms with Crippen molar-refractivity contribution < 1.29 is 0 Å². The first-order valence-corrected chi connectivity index (χ1v) is 6.89. The van der Waals surface area contributed by atoms with Gasteiger partial charge in [0.15, 0.2) is 0 Å². The second-order valence-corrected chi connectivity index (χ2v) is 5.52. The first kappa shape index (κ1) is 11.4. The summed E-state index contributed by atoms with van der Waals surface area (Å²) in [5, 5.41) is 1.29. The molecule has 0 aliphatic heterocycles. The Bertz CT molecular complexity index is 479. The molecule has 0 radical (unpaired) electrons. The number of aryl methyl sites for hydroxylation is 1. The van der Waals surface area contributed by atoms with Gasteiger partial charge >= 0.3 is 0 Å². The van der Waals surface area contributed by atoms with E-state index in [0.717, 1.165) is 11.1 Å². The number of unbranched alkanes of at least 4 members (excludes halogenated alkanes) is 1. The molecule has 0 unspecified atom stereocenters. The molecule has 0 aromatic carbocycles. The highest BCUT2D eigenvalue weighted by Gasteiger charge is 2.06. The van der Waals surface area contributed by atoms with Crippen molar-refractivity contribution in [2.75, 3.05) is 0 Å². The van der Waals surface area contributed by atoms with Crippen LogP contribution in [0, 0.1) is 3.57 Å².